The molecule has 0 amide bonds. The summed E-state index contributed by atoms with van der Waals surface area (Å²) in [5, 5.41) is 26.6. The van der Waals surface area contributed by atoms with E-state index >= 15 is 0 Å². The molecule has 1 aliphatic heterocycles. The number of nitrogens with zero attached hydrogens (tertiary/aromatic N) is 6. The van der Waals surface area contributed by atoms with E-state index in [0.29, 0.717) is 5.56 Å². The summed E-state index contributed by atoms with van der Waals surface area (Å²) in [6, 6.07) is 14.3. The topological polar surface area (TPSA) is 94.0 Å². The first kappa shape index (κ1) is 22.8. The van der Waals surface area contributed by atoms with Gasteiger partial charge < -0.3 is 14.5 Å². The van der Waals surface area contributed by atoms with Crippen LogP contribution in [0.3, 0.4) is 0 Å². The van der Waals surface area contributed by atoms with Crippen molar-refractivity contribution in [2.24, 2.45) is 0 Å². The van der Waals surface area contributed by atoms with Crippen molar-refractivity contribution in [1.82, 2.24) is 25.3 Å². The number of anilines is 1. The number of nitriles is 1. The van der Waals surface area contributed by atoms with E-state index in [1.165, 1.54) is 0 Å². The second-order valence-electron chi connectivity index (χ2n) is 9.24. The number of hydrogen-bond donors (Lipinski definition) is 1. The average molecular weight is 468 g/mol. The van der Waals surface area contributed by atoms with Gasteiger partial charge in [-0.1, -0.05) is 0 Å². The van der Waals surface area contributed by atoms with Crippen LogP contribution in [0.4, 0.5) is 5.69 Å². The van der Waals surface area contributed by atoms with Gasteiger partial charge in [0.05, 0.1) is 29.0 Å². The lowest BCUT2D eigenvalue weighted by molar-refractivity contribution is 0.225. The predicted molar refractivity (Wildman–Crippen MR) is 137 cm³/mol. The van der Waals surface area contributed by atoms with Gasteiger partial charge in [0.1, 0.15) is 17.5 Å². The number of hydrogen-bond acceptors (Lipinski definition) is 7. The van der Waals surface area contributed by atoms with Crippen LogP contribution in [-0.2, 0) is 0 Å². The fourth-order valence-electron chi connectivity index (χ4n) is 4.83. The van der Waals surface area contributed by atoms with Crippen molar-refractivity contribution in [2.45, 2.75) is 26.9 Å². The van der Waals surface area contributed by atoms with Crippen LogP contribution in [0, 0.1) is 25.2 Å². The molecule has 0 radical (unpaired) electrons. The molecule has 2 aromatic heterocycles. The molecule has 0 saturated carbocycles. The summed E-state index contributed by atoms with van der Waals surface area (Å²) in [4.78, 5) is 4.66. The molecule has 35 heavy (non-hydrogen) atoms. The lowest BCUT2D eigenvalue weighted by Gasteiger charge is -2.34. The Balaban J connectivity index is 1.49. The van der Waals surface area contributed by atoms with Gasteiger partial charge in [0.2, 0.25) is 0 Å². The van der Waals surface area contributed by atoms with Crippen LogP contribution in [0.15, 0.2) is 42.6 Å². The minimum Gasteiger partial charge on any atom is -0.486 e. The molecular weight excluding hydrogens is 438 g/mol. The summed E-state index contributed by atoms with van der Waals surface area (Å²) in [6.45, 7) is 9.87. The third-order valence-electron chi connectivity index (χ3n) is 6.72. The first-order chi connectivity index (χ1) is 16.9. The van der Waals surface area contributed by atoms with Crippen LogP contribution in [0.2, 0.25) is 0 Å². The number of fused-ring (bicyclic) bond motifs is 1. The highest BCUT2D eigenvalue weighted by molar-refractivity contribution is 5.94. The first-order valence-electron chi connectivity index (χ1n) is 11.9. The number of aryl methyl sites for hydroxylation is 2. The predicted octanol–water partition coefficient (Wildman–Crippen LogP) is 4.40. The molecule has 0 bridgehead atoms. The largest absolute Gasteiger partial charge is 0.486 e. The summed E-state index contributed by atoms with van der Waals surface area (Å²) in [7, 11) is 2.14. The zero-order chi connectivity index (χ0) is 24.5. The zero-order valence-corrected chi connectivity index (χ0v) is 20.5. The molecule has 1 atom stereocenters. The third kappa shape index (κ3) is 4.55. The van der Waals surface area contributed by atoms with Gasteiger partial charge in [0.25, 0.3) is 0 Å². The monoisotopic (exact) mass is 467 g/mol. The van der Waals surface area contributed by atoms with E-state index in [4.69, 9.17) is 4.74 Å². The van der Waals surface area contributed by atoms with E-state index in [-0.39, 0.29) is 6.10 Å². The SMILES string of the molecule is Cc1cnnc(C)c1[C@@H](C)Oc1ccc2[nH]nc(-c3cc(C#N)cc(N4CCN(C)CC4)c3)c2c1. The second kappa shape index (κ2) is 9.35. The van der Waals surface area contributed by atoms with Crippen molar-refractivity contribution in [2.75, 3.05) is 38.1 Å². The fraction of sp³-hybridized carbons (Fsp3) is 0.333. The average Bonchev–Trinajstić information content (AvgIpc) is 3.27. The molecule has 8 heteroatoms. The van der Waals surface area contributed by atoms with Gasteiger partial charge in [-0.05, 0) is 69.8 Å². The second-order valence-corrected chi connectivity index (χ2v) is 9.24. The normalized spacial score (nSPS) is 15.2. The highest BCUT2D eigenvalue weighted by atomic mass is 16.5. The zero-order valence-electron chi connectivity index (χ0n) is 20.5. The number of nitrogens with one attached hydrogen (secondary N) is 1. The molecule has 1 fully saturated rings. The summed E-state index contributed by atoms with van der Waals surface area (Å²) in [6.07, 6.45) is 1.59. The summed E-state index contributed by atoms with van der Waals surface area (Å²) >= 11 is 0. The van der Waals surface area contributed by atoms with Gasteiger partial charge in [0.15, 0.2) is 0 Å². The maximum absolute atomic E-state index is 9.70. The summed E-state index contributed by atoms with van der Waals surface area (Å²) in [5.41, 5.74) is 7.30. The van der Waals surface area contributed by atoms with Gasteiger partial charge in [0, 0.05) is 48.4 Å². The van der Waals surface area contributed by atoms with E-state index in [0.717, 1.165) is 76.6 Å². The summed E-state index contributed by atoms with van der Waals surface area (Å²) in [5.74, 6) is 0.749. The van der Waals surface area contributed by atoms with Gasteiger partial charge in [-0.25, -0.2) is 0 Å². The smallest absolute Gasteiger partial charge is 0.123 e. The molecule has 1 aliphatic rings. The Bertz CT molecular complexity index is 1390. The molecular formula is C27H29N7O. The molecule has 8 nitrogen and oxygen atoms in total. The van der Waals surface area contributed by atoms with Gasteiger partial charge in [-0.3, -0.25) is 5.10 Å². The Hall–Kier alpha value is -3.96. The molecule has 0 unspecified atom stereocenters. The Morgan fingerprint density at radius 1 is 1.09 bits per heavy atom. The number of rotatable bonds is 5. The Morgan fingerprint density at radius 3 is 2.63 bits per heavy atom. The standard InChI is InChI=1S/C27H29N7O/c1-17-16-29-30-18(2)26(17)19(3)35-23-5-6-25-24(14-23)27(32-31-25)21-11-20(15-28)12-22(13-21)34-9-7-33(4)8-10-34/h5-6,11-14,16,19H,7-10H2,1-4H3,(H,31,32)/t19-/m1/s1. The molecule has 4 aromatic rings. The maximum Gasteiger partial charge on any atom is 0.123 e. The van der Waals surface area contributed by atoms with Crippen LogP contribution in [0.1, 0.15) is 35.4 Å². The van der Waals surface area contributed by atoms with Crippen molar-refractivity contribution in [1.29, 1.82) is 5.26 Å². The minimum atomic E-state index is -0.177. The van der Waals surface area contributed by atoms with Crippen molar-refractivity contribution in [3.05, 3.63) is 65.0 Å². The van der Waals surface area contributed by atoms with E-state index < -0.39 is 0 Å². The number of aromatic amines is 1. The molecule has 0 aliphatic carbocycles. The van der Waals surface area contributed by atoms with E-state index in [9.17, 15) is 5.26 Å². The summed E-state index contributed by atoms with van der Waals surface area (Å²) < 4.78 is 6.33. The van der Waals surface area contributed by atoms with Gasteiger partial charge in [-0.15, -0.1) is 0 Å². The number of ether oxygens (including phenoxy) is 1. The molecule has 5 rings (SSSR count). The van der Waals surface area contributed by atoms with Crippen molar-refractivity contribution in [3.63, 3.8) is 0 Å². The quantitative estimate of drug-likeness (QED) is 0.465. The number of aromatic nitrogens is 4. The molecule has 1 saturated heterocycles. The van der Waals surface area contributed by atoms with E-state index in [2.05, 4.69) is 49.4 Å². The first-order valence-corrected chi connectivity index (χ1v) is 11.9. The number of piperazine rings is 1. The van der Waals surface area contributed by atoms with Gasteiger partial charge in [-0.2, -0.15) is 20.6 Å². The van der Waals surface area contributed by atoms with Crippen molar-refractivity contribution in [3.8, 4) is 23.1 Å². The van der Waals surface area contributed by atoms with Crippen molar-refractivity contribution < 1.29 is 4.74 Å². The molecule has 178 valence electrons. The third-order valence-corrected chi connectivity index (χ3v) is 6.72. The molecule has 0 spiro atoms. The van der Waals surface area contributed by atoms with Crippen LogP contribution in [-0.4, -0.2) is 58.5 Å². The number of H-pyrrole nitrogens is 1. The Kier molecular flexibility index (Phi) is 6.10. The maximum atomic E-state index is 9.70. The lowest BCUT2D eigenvalue weighted by atomic mass is 10.0. The fourth-order valence-corrected chi connectivity index (χ4v) is 4.83. The number of likely N-dealkylation sites (N-methyl/N-ethyl adjacent to an activating group) is 1. The molecule has 2 aromatic carbocycles. The van der Waals surface area contributed by atoms with Gasteiger partial charge >= 0.3 is 0 Å². The van der Waals surface area contributed by atoms with Crippen LogP contribution < -0.4 is 9.64 Å². The van der Waals surface area contributed by atoms with Crippen LogP contribution in [0.25, 0.3) is 22.2 Å². The Morgan fingerprint density at radius 2 is 1.89 bits per heavy atom. The molecule has 3 heterocycles. The number of benzene rings is 2. The van der Waals surface area contributed by atoms with Crippen LogP contribution in [0.5, 0.6) is 5.75 Å². The highest BCUT2D eigenvalue weighted by Crippen LogP contribution is 2.34. The minimum absolute atomic E-state index is 0.177. The van der Waals surface area contributed by atoms with E-state index in [1.54, 1.807) is 6.20 Å². The van der Waals surface area contributed by atoms with Crippen molar-refractivity contribution >= 4 is 16.6 Å². The lowest BCUT2D eigenvalue weighted by Crippen LogP contribution is -2.44. The highest BCUT2D eigenvalue weighted by Gasteiger charge is 2.19. The molecule has 1 N–H and O–H groups in total. The Labute approximate surface area is 205 Å². The van der Waals surface area contributed by atoms with Crippen LogP contribution >= 0.6 is 0 Å². The van der Waals surface area contributed by atoms with E-state index in [1.807, 2.05) is 51.1 Å².